The molecule has 1 atom stereocenters. The van der Waals surface area contributed by atoms with Crippen LogP contribution in [0.5, 0.6) is 5.75 Å². The second-order valence-electron chi connectivity index (χ2n) is 5.23. The number of hydrogen-bond acceptors (Lipinski definition) is 2. The van der Waals surface area contributed by atoms with Crippen molar-refractivity contribution < 1.29 is 4.74 Å². The Kier molecular flexibility index (Phi) is 4.49. The van der Waals surface area contributed by atoms with Crippen molar-refractivity contribution in [3.8, 4) is 5.75 Å². The van der Waals surface area contributed by atoms with Crippen LogP contribution in [0, 0.1) is 0 Å². The van der Waals surface area contributed by atoms with Crippen molar-refractivity contribution in [3.63, 3.8) is 0 Å². The van der Waals surface area contributed by atoms with Crippen molar-refractivity contribution in [2.24, 2.45) is 0 Å². The number of nitrogens with zero attached hydrogens (tertiary/aromatic N) is 2. The minimum atomic E-state index is -0.120. The lowest BCUT2D eigenvalue weighted by Gasteiger charge is -2.19. The highest BCUT2D eigenvalue weighted by atomic mass is 35.5. The zero-order chi connectivity index (χ0) is 16.2. The Morgan fingerprint density at radius 2 is 2.04 bits per heavy atom. The summed E-state index contributed by atoms with van der Waals surface area (Å²) in [6.07, 6.45) is 5.19. The van der Waals surface area contributed by atoms with Crippen LogP contribution >= 0.6 is 11.6 Å². The van der Waals surface area contributed by atoms with Gasteiger partial charge >= 0.3 is 0 Å². The van der Waals surface area contributed by atoms with Crippen LogP contribution in [0.4, 0.5) is 0 Å². The molecular weight excluding hydrogens is 308 g/mol. The molecule has 0 aliphatic heterocycles. The first-order chi connectivity index (χ1) is 11.1. The van der Waals surface area contributed by atoms with E-state index in [1.165, 1.54) is 0 Å². The topological polar surface area (TPSA) is 27.1 Å². The summed E-state index contributed by atoms with van der Waals surface area (Å²) in [5.74, 6) is 0.777. The largest absolute Gasteiger partial charge is 0.485 e. The summed E-state index contributed by atoms with van der Waals surface area (Å²) in [7, 11) is 0. The Balaban J connectivity index is 1.87. The molecule has 116 valence electrons. The Labute approximate surface area is 140 Å². The summed E-state index contributed by atoms with van der Waals surface area (Å²) < 4.78 is 8.02. The molecule has 0 aliphatic rings. The summed E-state index contributed by atoms with van der Waals surface area (Å²) in [5.41, 5.74) is 2.77. The maximum Gasteiger partial charge on any atom is 0.129 e. The van der Waals surface area contributed by atoms with Gasteiger partial charge < -0.3 is 9.30 Å². The van der Waals surface area contributed by atoms with Crippen LogP contribution in [0.3, 0.4) is 0 Å². The highest BCUT2D eigenvalue weighted by Crippen LogP contribution is 2.30. The van der Waals surface area contributed by atoms with Gasteiger partial charge in [0.1, 0.15) is 11.9 Å². The van der Waals surface area contributed by atoms with Crippen LogP contribution in [0.25, 0.3) is 5.70 Å². The highest BCUT2D eigenvalue weighted by Gasteiger charge is 2.13. The van der Waals surface area contributed by atoms with E-state index in [9.17, 15) is 0 Å². The fraction of sp³-hybridized carbons (Fsp3) is 0.105. The van der Waals surface area contributed by atoms with E-state index in [-0.39, 0.29) is 6.10 Å². The molecule has 0 bridgehead atoms. The zero-order valence-corrected chi connectivity index (χ0v) is 13.6. The Bertz CT molecular complexity index is 812. The quantitative estimate of drug-likeness (QED) is 0.645. The van der Waals surface area contributed by atoms with E-state index in [0.717, 1.165) is 22.6 Å². The third kappa shape index (κ3) is 3.46. The second-order valence-corrected chi connectivity index (χ2v) is 5.66. The third-order valence-corrected chi connectivity index (χ3v) is 3.87. The van der Waals surface area contributed by atoms with E-state index < -0.39 is 0 Å². The maximum absolute atomic E-state index is 6.15. The molecule has 0 saturated carbocycles. The second kappa shape index (κ2) is 6.71. The molecule has 23 heavy (non-hydrogen) atoms. The molecule has 1 aromatic heterocycles. The van der Waals surface area contributed by atoms with Gasteiger partial charge in [-0.15, -0.1) is 0 Å². The van der Waals surface area contributed by atoms with Crippen molar-refractivity contribution in [2.75, 3.05) is 0 Å². The first-order valence-corrected chi connectivity index (χ1v) is 7.71. The molecule has 0 aliphatic carbocycles. The number of imidazole rings is 1. The summed E-state index contributed by atoms with van der Waals surface area (Å²) in [6, 6.07) is 15.5. The molecule has 0 saturated heterocycles. The maximum atomic E-state index is 6.15. The summed E-state index contributed by atoms with van der Waals surface area (Å²) in [6.45, 7) is 6.15. The van der Waals surface area contributed by atoms with E-state index in [4.69, 9.17) is 16.3 Å². The molecule has 0 radical (unpaired) electrons. The first-order valence-electron chi connectivity index (χ1n) is 7.34. The number of rotatable bonds is 5. The van der Waals surface area contributed by atoms with E-state index in [1.807, 2.05) is 66.2 Å². The molecule has 3 rings (SSSR count). The number of halogens is 1. The predicted molar refractivity (Wildman–Crippen MR) is 93.6 cm³/mol. The molecule has 0 spiro atoms. The number of hydrogen-bond donors (Lipinski definition) is 0. The van der Waals surface area contributed by atoms with Crippen LogP contribution in [-0.4, -0.2) is 9.55 Å². The van der Waals surface area contributed by atoms with Gasteiger partial charge in [0.05, 0.1) is 12.0 Å². The first kappa shape index (κ1) is 15.4. The van der Waals surface area contributed by atoms with Crippen molar-refractivity contribution in [3.05, 3.63) is 90.0 Å². The number of para-hydroxylation sites is 1. The monoisotopic (exact) mass is 324 g/mol. The van der Waals surface area contributed by atoms with Gasteiger partial charge in [-0.1, -0.05) is 42.4 Å². The molecular formula is C19H17ClN2O. The third-order valence-electron chi connectivity index (χ3n) is 3.64. The van der Waals surface area contributed by atoms with Crippen LogP contribution in [0.15, 0.2) is 73.8 Å². The molecule has 2 aromatic carbocycles. The Morgan fingerprint density at radius 1 is 1.22 bits per heavy atom. The van der Waals surface area contributed by atoms with E-state index in [2.05, 4.69) is 11.6 Å². The highest BCUT2D eigenvalue weighted by molar-refractivity contribution is 6.30. The zero-order valence-electron chi connectivity index (χ0n) is 12.8. The van der Waals surface area contributed by atoms with E-state index in [0.29, 0.717) is 5.02 Å². The molecule has 0 amide bonds. The summed E-state index contributed by atoms with van der Waals surface area (Å²) in [5, 5.41) is 0.703. The molecule has 1 heterocycles. The van der Waals surface area contributed by atoms with Gasteiger partial charge in [-0.25, -0.2) is 4.98 Å². The van der Waals surface area contributed by atoms with E-state index >= 15 is 0 Å². The smallest absolute Gasteiger partial charge is 0.129 e. The number of aromatic nitrogens is 2. The molecule has 3 aromatic rings. The fourth-order valence-corrected chi connectivity index (χ4v) is 2.58. The van der Waals surface area contributed by atoms with Crippen molar-refractivity contribution >= 4 is 17.3 Å². The summed E-state index contributed by atoms with van der Waals surface area (Å²) in [4.78, 5) is 4.06. The average molecular weight is 325 g/mol. The van der Waals surface area contributed by atoms with Gasteiger partial charge in [0.15, 0.2) is 0 Å². The van der Waals surface area contributed by atoms with Crippen LogP contribution in [0.1, 0.15) is 24.2 Å². The lowest BCUT2D eigenvalue weighted by molar-refractivity contribution is 0.226. The van der Waals surface area contributed by atoms with Gasteiger partial charge in [-0.3, -0.25) is 0 Å². The van der Waals surface area contributed by atoms with Crippen LogP contribution < -0.4 is 4.74 Å². The molecule has 1 unspecified atom stereocenters. The molecule has 0 fully saturated rings. The van der Waals surface area contributed by atoms with Gasteiger partial charge in [0.25, 0.3) is 0 Å². The minimum absolute atomic E-state index is 0.120. The van der Waals surface area contributed by atoms with Crippen molar-refractivity contribution in [1.29, 1.82) is 0 Å². The number of ether oxygens (including phenoxy) is 1. The molecule has 0 N–H and O–H groups in total. The normalized spacial score (nSPS) is 11.9. The lowest BCUT2D eigenvalue weighted by Crippen LogP contribution is -2.06. The number of benzene rings is 2. The molecule has 4 heteroatoms. The summed E-state index contributed by atoms with van der Waals surface area (Å²) >= 11 is 6.06. The van der Waals surface area contributed by atoms with Crippen molar-refractivity contribution in [2.45, 2.75) is 13.0 Å². The van der Waals surface area contributed by atoms with E-state index in [1.54, 1.807) is 12.5 Å². The van der Waals surface area contributed by atoms with Gasteiger partial charge in [0.2, 0.25) is 0 Å². The van der Waals surface area contributed by atoms with Gasteiger partial charge in [-0.05, 0) is 36.8 Å². The Morgan fingerprint density at radius 3 is 2.78 bits per heavy atom. The average Bonchev–Trinajstić information content (AvgIpc) is 3.09. The molecule has 3 nitrogen and oxygen atoms in total. The fourth-order valence-electron chi connectivity index (χ4n) is 2.38. The Hall–Kier alpha value is -2.52. The SMILES string of the molecule is C=C(c1ccccc1OC(C)c1cccc(Cl)c1)n1ccnc1. The van der Waals surface area contributed by atoms with Gasteiger partial charge in [0, 0.05) is 23.0 Å². The minimum Gasteiger partial charge on any atom is -0.485 e. The van der Waals surface area contributed by atoms with Crippen LogP contribution in [0.2, 0.25) is 5.02 Å². The van der Waals surface area contributed by atoms with Crippen molar-refractivity contribution in [1.82, 2.24) is 9.55 Å². The standard InChI is InChI=1S/C19H17ClN2O/c1-14(22-11-10-21-13-22)18-8-3-4-9-19(18)23-15(2)16-6-5-7-17(20)12-16/h3-13,15H,1H2,2H3. The predicted octanol–water partition coefficient (Wildman–Crippen LogP) is 5.20. The van der Waals surface area contributed by atoms with Gasteiger partial charge in [-0.2, -0.15) is 0 Å². The van der Waals surface area contributed by atoms with Crippen LogP contribution in [-0.2, 0) is 0 Å². The lowest BCUT2D eigenvalue weighted by atomic mass is 10.1.